The molecule has 0 aliphatic carbocycles. The molecule has 5 N–H and O–H groups in total. The maximum atomic E-state index is 11.2. The quantitative estimate of drug-likeness (QED) is 0.580. The molecule has 1 rings (SSSR count). The minimum Gasteiger partial charge on any atom is -0.397 e. The van der Waals surface area contributed by atoms with Gasteiger partial charge in [-0.1, -0.05) is 13.8 Å². The topological polar surface area (TPSA) is 81.1 Å². The van der Waals surface area contributed by atoms with Crippen LogP contribution in [0.15, 0.2) is 18.2 Å². The van der Waals surface area contributed by atoms with Crippen molar-refractivity contribution in [1.29, 1.82) is 0 Å². The highest BCUT2D eigenvalue weighted by Crippen LogP contribution is 2.22. The second kappa shape index (κ2) is 5.38. The fourth-order valence-electron chi connectivity index (χ4n) is 1.40. The summed E-state index contributed by atoms with van der Waals surface area (Å²) in [4.78, 5) is 11.2. The lowest BCUT2D eigenvalue weighted by Gasteiger charge is -2.21. The Kier molecular flexibility index (Phi) is 4.40. The number of benzene rings is 1. The van der Waals surface area contributed by atoms with Crippen molar-refractivity contribution in [3.8, 4) is 0 Å². The molecule has 1 amide bonds. The summed E-state index contributed by atoms with van der Waals surface area (Å²) in [5, 5.41) is 3.07. The molecule has 0 saturated heterocycles. The van der Waals surface area contributed by atoms with Gasteiger partial charge in [-0.15, -0.1) is 0 Å². The first-order valence-corrected chi connectivity index (χ1v) is 6.10. The van der Waals surface area contributed by atoms with E-state index in [-0.39, 0.29) is 11.8 Å². The number of rotatable bonds is 4. The third kappa shape index (κ3) is 3.26. The number of nitrogen functional groups attached to an aromatic ring is 1. The van der Waals surface area contributed by atoms with Gasteiger partial charge in [0.1, 0.15) is 6.04 Å². The van der Waals surface area contributed by atoms with E-state index in [0.717, 1.165) is 9.26 Å². The summed E-state index contributed by atoms with van der Waals surface area (Å²) in [6.45, 7) is 3.87. The van der Waals surface area contributed by atoms with E-state index in [2.05, 4.69) is 27.9 Å². The van der Waals surface area contributed by atoms with Crippen molar-refractivity contribution in [2.45, 2.75) is 19.9 Å². The van der Waals surface area contributed by atoms with Crippen LogP contribution in [0.1, 0.15) is 13.8 Å². The van der Waals surface area contributed by atoms with Gasteiger partial charge in [-0.3, -0.25) is 4.79 Å². The van der Waals surface area contributed by atoms with Gasteiger partial charge in [0.25, 0.3) is 0 Å². The first kappa shape index (κ1) is 13.1. The van der Waals surface area contributed by atoms with Crippen LogP contribution in [0, 0.1) is 9.49 Å². The molecule has 0 aromatic heterocycles. The van der Waals surface area contributed by atoms with Gasteiger partial charge in [0.15, 0.2) is 0 Å². The highest BCUT2D eigenvalue weighted by molar-refractivity contribution is 14.1. The van der Waals surface area contributed by atoms with Crippen LogP contribution in [-0.2, 0) is 4.79 Å². The predicted molar refractivity (Wildman–Crippen MR) is 75.0 cm³/mol. The maximum absolute atomic E-state index is 11.2. The van der Waals surface area contributed by atoms with Gasteiger partial charge in [-0.2, -0.15) is 0 Å². The van der Waals surface area contributed by atoms with Crippen LogP contribution in [0.4, 0.5) is 11.4 Å². The van der Waals surface area contributed by atoms with E-state index in [9.17, 15) is 4.79 Å². The van der Waals surface area contributed by atoms with E-state index >= 15 is 0 Å². The highest BCUT2D eigenvalue weighted by Gasteiger charge is 2.19. The van der Waals surface area contributed by atoms with Crippen LogP contribution in [0.25, 0.3) is 0 Å². The molecular formula is C11H16IN3O. The Labute approximate surface area is 109 Å². The summed E-state index contributed by atoms with van der Waals surface area (Å²) < 4.78 is 1.06. The lowest BCUT2D eigenvalue weighted by molar-refractivity contribution is -0.119. The van der Waals surface area contributed by atoms with Gasteiger partial charge < -0.3 is 16.8 Å². The van der Waals surface area contributed by atoms with Crippen LogP contribution in [0.3, 0.4) is 0 Å². The normalized spacial score (nSPS) is 12.5. The van der Waals surface area contributed by atoms with E-state index in [1.165, 1.54) is 0 Å². The third-order valence-electron chi connectivity index (χ3n) is 2.30. The number of carbonyl (C=O) groups is 1. The monoisotopic (exact) mass is 333 g/mol. The molecule has 0 saturated carbocycles. The number of hydrogen-bond donors (Lipinski definition) is 3. The average Bonchev–Trinajstić information content (AvgIpc) is 2.15. The molecule has 1 aromatic rings. The van der Waals surface area contributed by atoms with Crippen molar-refractivity contribution in [2.75, 3.05) is 11.1 Å². The molecule has 16 heavy (non-hydrogen) atoms. The number of carbonyl (C=O) groups excluding carboxylic acids is 1. The van der Waals surface area contributed by atoms with Crippen LogP contribution in [-0.4, -0.2) is 11.9 Å². The van der Waals surface area contributed by atoms with Gasteiger partial charge in [0, 0.05) is 3.57 Å². The maximum Gasteiger partial charge on any atom is 0.240 e. The Bertz CT molecular complexity index is 393. The second-order valence-electron chi connectivity index (χ2n) is 4.00. The summed E-state index contributed by atoms with van der Waals surface area (Å²) in [5.41, 5.74) is 12.5. The van der Waals surface area contributed by atoms with Crippen LogP contribution >= 0.6 is 22.6 Å². The number of nitrogens with one attached hydrogen (secondary N) is 1. The van der Waals surface area contributed by atoms with Crippen molar-refractivity contribution < 1.29 is 4.79 Å². The Balaban J connectivity index is 2.90. The molecule has 0 heterocycles. The predicted octanol–water partition coefficient (Wildman–Crippen LogP) is 1.80. The number of amides is 1. The molecule has 1 unspecified atom stereocenters. The van der Waals surface area contributed by atoms with E-state index in [0.29, 0.717) is 5.69 Å². The molecule has 0 aliphatic rings. The number of nitrogens with two attached hydrogens (primary N) is 2. The molecule has 5 heteroatoms. The van der Waals surface area contributed by atoms with Crippen molar-refractivity contribution in [3.05, 3.63) is 21.8 Å². The van der Waals surface area contributed by atoms with E-state index in [1.807, 2.05) is 32.0 Å². The fraction of sp³-hybridized carbons (Fsp3) is 0.364. The molecule has 0 spiro atoms. The Morgan fingerprint density at radius 1 is 1.44 bits per heavy atom. The summed E-state index contributed by atoms with van der Waals surface area (Å²) in [5.74, 6) is -0.246. The Morgan fingerprint density at radius 2 is 2.06 bits per heavy atom. The largest absolute Gasteiger partial charge is 0.397 e. The standard InChI is InChI=1S/C11H16IN3O/c1-6(2)10(11(14)16)15-9-4-3-7(12)5-8(9)13/h3-6,10,15H,13H2,1-2H3,(H2,14,16). The Morgan fingerprint density at radius 3 is 2.50 bits per heavy atom. The van der Waals surface area contributed by atoms with Gasteiger partial charge in [-0.25, -0.2) is 0 Å². The number of anilines is 2. The number of halogens is 1. The lowest BCUT2D eigenvalue weighted by Crippen LogP contribution is -2.39. The van der Waals surface area contributed by atoms with E-state index in [1.54, 1.807) is 0 Å². The van der Waals surface area contributed by atoms with E-state index < -0.39 is 6.04 Å². The zero-order valence-electron chi connectivity index (χ0n) is 9.33. The van der Waals surface area contributed by atoms with Crippen LogP contribution in [0.5, 0.6) is 0 Å². The minimum absolute atomic E-state index is 0.121. The van der Waals surface area contributed by atoms with Crippen LogP contribution in [0.2, 0.25) is 0 Å². The zero-order chi connectivity index (χ0) is 12.3. The van der Waals surface area contributed by atoms with E-state index in [4.69, 9.17) is 11.5 Å². The number of primary amides is 1. The lowest BCUT2D eigenvalue weighted by atomic mass is 10.0. The van der Waals surface area contributed by atoms with Crippen molar-refractivity contribution >= 4 is 39.9 Å². The molecule has 0 radical (unpaired) electrons. The molecule has 0 aliphatic heterocycles. The fourth-order valence-corrected chi connectivity index (χ4v) is 1.91. The zero-order valence-corrected chi connectivity index (χ0v) is 11.5. The van der Waals surface area contributed by atoms with Crippen molar-refractivity contribution in [3.63, 3.8) is 0 Å². The molecular weight excluding hydrogens is 317 g/mol. The third-order valence-corrected chi connectivity index (χ3v) is 2.97. The van der Waals surface area contributed by atoms with Gasteiger partial charge in [0.2, 0.25) is 5.91 Å². The van der Waals surface area contributed by atoms with Crippen molar-refractivity contribution in [2.24, 2.45) is 11.7 Å². The smallest absolute Gasteiger partial charge is 0.240 e. The first-order valence-electron chi connectivity index (χ1n) is 5.02. The Hall–Kier alpha value is -0.980. The summed E-state index contributed by atoms with van der Waals surface area (Å²) >= 11 is 2.18. The van der Waals surface area contributed by atoms with Gasteiger partial charge in [-0.05, 0) is 46.7 Å². The van der Waals surface area contributed by atoms with Gasteiger partial charge in [0.05, 0.1) is 11.4 Å². The van der Waals surface area contributed by atoms with Crippen molar-refractivity contribution in [1.82, 2.24) is 0 Å². The minimum atomic E-state index is -0.401. The first-order chi connectivity index (χ1) is 7.41. The van der Waals surface area contributed by atoms with Gasteiger partial charge >= 0.3 is 0 Å². The molecule has 1 atom stereocenters. The second-order valence-corrected chi connectivity index (χ2v) is 5.25. The summed E-state index contributed by atoms with van der Waals surface area (Å²) in [6, 6.07) is 5.23. The molecule has 1 aromatic carbocycles. The summed E-state index contributed by atoms with van der Waals surface area (Å²) in [7, 11) is 0. The molecule has 88 valence electrons. The van der Waals surface area contributed by atoms with Crippen LogP contribution < -0.4 is 16.8 Å². The SMILES string of the molecule is CC(C)C(Nc1ccc(I)cc1N)C(N)=O. The average molecular weight is 333 g/mol. The highest BCUT2D eigenvalue weighted by atomic mass is 127. The molecule has 4 nitrogen and oxygen atoms in total. The number of hydrogen-bond acceptors (Lipinski definition) is 3. The molecule has 0 bridgehead atoms. The molecule has 0 fully saturated rings. The summed E-state index contributed by atoms with van der Waals surface area (Å²) in [6.07, 6.45) is 0.